The number of nitrogens with zero attached hydrogens (tertiary/aromatic N) is 2. The van der Waals surface area contributed by atoms with E-state index in [1.807, 2.05) is 23.1 Å². The third-order valence-corrected chi connectivity index (χ3v) is 8.35. The number of hydrogen-bond donors (Lipinski definition) is 0. The number of aromatic nitrogens is 1. The van der Waals surface area contributed by atoms with E-state index in [0.717, 1.165) is 62.9 Å². The van der Waals surface area contributed by atoms with Crippen LogP contribution in [0.15, 0.2) is 42.6 Å². The highest BCUT2D eigenvalue weighted by atomic mass is 35.5. The first-order chi connectivity index (χ1) is 19.9. The van der Waals surface area contributed by atoms with Crippen LogP contribution in [-0.4, -0.2) is 61.6 Å². The Labute approximate surface area is 245 Å². The summed E-state index contributed by atoms with van der Waals surface area (Å²) in [7, 11) is 1.57. The van der Waals surface area contributed by atoms with Gasteiger partial charge in [-0.25, -0.2) is 0 Å². The number of fused-ring (bicyclic) bond motifs is 1. The second-order valence-corrected chi connectivity index (χ2v) is 11.4. The molecule has 3 heterocycles. The number of carbonyl (C=O) groups is 2. The number of piperidine rings is 1. The minimum Gasteiger partial charge on any atom is -0.493 e. The van der Waals surface area contributed by atoms with Gasteiger partial charge in [0.05, 0.1) is 38.9 Å². The van der Waals surface area contributed by atoms with Gasteiger partial charge in [-0.05, 0) is 49.1 Å². The van der Waals surface area contributed by atoms with Crippen molar-refractivity contribution in [3.8, 4) is 23.0 Å². The van der Waals surface area contributed by atoms with E-state index < -0.39 is 0 Å². The Bertz CT molecular complexity index is 1400. The Morgan fingerprint density at radius 1 is 1.05 bits per heavy atom. The van der Waals surface area contributed by atoms with E-state index in [9.17, 15) is 9.59 Å². The lowest BCUT2D eigenvalue weighted by atomic mass is 9.77. The van der Waals surface area contributed by atoms with Crippen molar-refractivity contribution in [2.24, 2.45) is 5.41 Å². The monoisotopic (exact) mass is 580 g/mol. The van der Waals surface area contributed by atoms with E-state index >= 15 is 0 Å². The number of benzene rings is 2. The van der Waals surface area contributed by atoms with Gasteiger partial charge in [0.25, 0.3) is 0 Å². The Balaban J connectivity index is 1.22. The quantitative estimate of drug-likeness (QED) is 0.245. The molecule has 2 aromatic carbocycles. The topological polar surface area (TPSA) is 87.2 Å². The lowest BCUT2D eigenvalue weighted by Crippen LogP contribution is -2.52. The highest BCUT2D eigenvalue weighted by molar-refractivity contribution is 6.31. The molecule has 0 radical (unpaired) electrons. The molecule has 5 rings (SSSR count). The molecule has 9 heteroatoms. The molecule has 0 saturated carbocycles. The number of likely N-dealkylation sites (tertiary alicyclic amines) is 1. The first-order valence-electron chi connectivity index (χ1n) is 14.3. The van der Waals surface area contributed by atoms with Crippen molar-refractivity contribution in [3.05, 3.63) is 53.2 Å². The number of amides is 1. The van der Waals surface area contributed by atoms with Gasteiger partial charge in [-0.3, -0.25) is 14.6 Å². The van der Waals surface area contributed by atoms with Crippen LogP contribution < -0.4 is 14.2 Å². The molecule has 8 nitrogen and oxygen atoms in total. The molecule has 1 spiro atoms. The number of methoxy groups -OCH3 is 1. The molecule has 0 bridgehead atoms. The lowest BCUT2D eigenvalue weighted by molar-refractivity contribution is -0.153. The SMILES string of the molecule is CCCCC(=O)Cc1ccc(Oc2ccnc3cc(OCCC(=O)N4CCC5(CC4)COC5)c(OC)cc23)cc1Cl. The van der Waals surface area contributed by atoms with Crippen LogP contribution in [0.1, 0.15) is 51.0 Å². The molecule has 3 aromatic rings. The smallest absolute Gasteiger partial charge is 0.225 e. The fourth-order valence-electron chi connectivity index (χ4n) is 5.34. The third kappa shape index (κ3) is 6.93. The molecule has 218 valence electrons. The lowest BCUT2D eigenvalue weighted by Gasteiger charge is -2.47. The van der Waals surface area contributed by atoms with E-state index in [1.54, 1.807) is 31.5 Å². The first-order valence-corrected chi connectivity index (χ1v) is 14.7. The molecule has 0 aliphatic carbocycles. The third-order valence-electron chi connectivity index (χ3n) is 8.00. The van der Waals surface area contributed by atoms with Gasteiger partial charge in [0.15, 0.2) is 11.5 Å². The maximum absolute atomic E-state index is 12.8. The second kappa shape index (κ2) is 13.1. The average Bonchev–Trinajstić information content (AvgIpc) is 2.96. The molecule has 2 fully saturated rings. The Morgan fingerprint density at radius 2 is 1.85 bits per heavy atom. The number of Topliss-reactive ketones (excluding diaryl/α,β-unsaturated/α-hetero) is 1. The van der Waals surface area contributed by atoms with Crippen molar-refractivity contribution in [2.75, 3.05) is 40.0 Å². The number of rotatable bonds is 12. The molecule has 1 aromatic heterocycles. The zero-order valence-electron chi connectivity index (χ0n) is 23.7. The van der Waals surface area contributed by atoms with Crippen molar-refractivity contribution in [1.29, 1.82) is 0 Å². The fraction of sp³-hybridized carbons (Fsp3) is 0.469. The van der Waals surface area contributed by atoms with E-state index in [1.165, 1.54) is 0 Å². The van der Waals surface area contributed by atoms with Crippen molar-refractivity contribution in [3.63, 3.8) is 0 Å². The van der Waals surface area contributed by atoms with E-state index in [0.29, 0.717) is 58.2 Å². The number of carbonyl (C=O) groups excluding carboxylic acids is 2. The highest BCUT2D eigenvalue weighted by Crippen LogP contribution is 2.39. The summed E-state index contributed by atoms with van der Waals surface area (Å²) in [4.78, 5) is 31.4. The summed E-state index contributed by atoms with van der Waals surface area (Å²) in [6.07, 6.45) is 6.71. The van der Waals surface area contributed by atoms with Crippen LogP contribution >= 0.6 is 11.6 Å². The average molecular weight is 581 g/mol. The van der Waals surface area contributed by atoms with E-state index in [-0.39, 0.29) is 18.3 Å². The van der Waals surface area contributed by atoms with E-state index in [2.05, 4.69) is 11.9 Å². The molecule has 2 saturated heterocycles. The maximum atomic E-state index is 12.8. The Hall–Kier alpha value is -3.36. The van der Waals surface area contributed by atoms with Crippen LogP contribution in [0.3, 0.4) is 0 Å². The molecule has 0 N–H and O–H groups in total. The number of ether oxygens (including phenoxy) is 4. The number of ketones is 1. The summed E-state index contributed by atoms with van der Waals surface area (Å²) in [5, 5.41) is 1.24. The van der Waals surface area contributed by atoms with Crippen molar-refractivity contribution >= 4 is 34.2 Å². The van der Waals surface area contributed by atoms with Crippen LogP contribution in [0.25, 0.3) is 10.9 Å². The summed E-state index contributed by atoms with van der Waals surface area (Å²) >= 11 is 6.49. The van der Waals surface area contributed by atoms with Crippen LogP contribution in [-0.2, 0) is 20.7 Å². The largest absolute Gasteiger partial charge is 0.493 e. The summed E-state index contributed by atoms with van der Waals surface area (Å²) < 4.78 is 23.2. The number of unbranched alkanes of at least 4 members (excludes halogenated alkanes) is 1. The maximum Gasteiger partial charge on any atom is 0.225 e. The summed E-state index contributed by atoms with van der Waals surface area (Å²) in [5.41, 5.74) is 1.75. The van der Waals surface area contributed by atoms with Gasteiger partial charge < -0.3 is 23.8 Å². The van der Waals surface area contributed by atoms with Crippen LogP contribution in [0.5, 0.6) is 23.0 Å². The van der Waals surface area contributed by atoms with Crippen LogP contribution in [0.2, 0.25) is 5.02 Å². The van der Waals surface area contributed by atoms with Crippen LogP contribution in [0, 0.1) is 5.41 Å². The molecule has 1 amide bonds. The van der Waals surface area contributed by atoms with Crippen LogP contribution in [0.4, 0.5) is 0 Å². The van der Waals surface area contributed by atoms with Gasteiger partial charge >= 0.3 is 0 Å². The summed E-state index contributed by atoms with van der Waals surface area (Å²) in [5.74, 6) is 2.45. The van der Waals surface area contributed by atoms with Gasteiger partial charge in [-0.15, -0.1) is 0 Å². The van der Waals surface area contributed by atoms with Gasteiger partial charge in [0, 0.05) is 54.0 Å². The molecular formula is C32H37ClN2O6. The Morgan fingerprint density at radius 3 is 2.54 bits per heavy atom. The molecule has 41 heavy (non-hydrogen) atoms. The number of halogens is 1. The zero-order valence-corrected chi connectivity index (χ0v) is 24.5. The number of hydrogen-bond acceptors (Lipinski definition) is 7. The molecular weight excluding hydrogens is 544 g/mol. The standard InChI is InChI=1S/C32H37ClN2O6/c1-3-4-5-23(36)16-22-6-7-24(17-26(22)33)41-28-8-12-34-27-19-30(29(38-2)18-25(27)28)40-15-9-31(37)35-13-10-32(11-14-35)20-39-21-32/h6-8,12,17-19H,3-5,9-11,13-16,20-21H2,1-2H3. The predicted molar refractivity (Wildman–Crippen MR) is 157 cm³/mol. The van der Waals surface area contributed by atoms with Crippen molar-refractivity contribution in [1.82, 2.24) is 9.88 Å². The van der Waals surface area contributed by atoms with Gasteiger partial charge in [-0.2, -0.15) is 0 Å². The normalized spacial score (nSPS) is 15.9. The summed E-state index contributed by atoms with van der Waals surface area (Å²) in [6.45, 7) is 5.51. The molecule has 2 aliphatic heterocycles. The number of pyridine rings is 1. The zero-order chi connectivity index (χ0) is 28.8. The highest BCUT2D eigenvalue weighted by Gasteiger charge is 2.41. The fourth-order valence-corrected chi connectivity index (χ4v) is 5.58. The minimum atomic E-state index is 0.101. The second-order valence-electron chi connectivity index (χ2n) is 11.0. The van der Waals surface area contributed by atoms with Gasteiger partial charge in [0.1, 0.15) is 17.3 Å². The van der Waals surface area contributed by atoms with E-state index in [4.69, 9.17) is 30.5 Å². The first kappa shape index (κ1) is 29.1. The Kier molecular flexibility index (Phi) is 9.30. The van der Waals surface area contributed by atoms with Crippen molar-refractivity contribution < 1.29 is 28.5 Å². The van der Waals surface area contributed by atoms with Crippen molar-refractivity contribution in [2.45, 2.75) is 51.9 Å². The molecule has 0 atom stereocenters. The van der Waals surface area contributed by atoms with Gasteiger partial charge in [0.2, 0.25) is 5.91 Å². The minimum absolute atomic E-state index is 0.101. The summed E-state index contributed by atoms with van der Waals surface area (Å²) in [6, 6.07) is 10.8. The molecule has 0 unspecified atom stereocenters. The van der Waals surface area contributed by atoms with Gasteiger partial charge in [-0.1, -0.05) is 31.0 Å². The molecule has 2 aliphatic rings. The predicted octanol–water partition coefficient (Wildman–Crippen LogP) is 6.40.